The molecule has 0 saturated heterocycles. The van der Waals surface area contributed by atoms with Gasteiger partial charge in [0.25, 0.3) is 0 Å². The van der Waals surface area contributed by atoms with E-state index in [0.29, 0.717) is 12.0 Å². The second-order valence-corrected chi connectivity index (χ2v) is 2.51. The quantitative estimate of drug-likeness (QED) is 0.549. The summed E-state index contributed by atoms with van der Waals surface area (Å²) in [6.07, 6.45) is 3.62. The van der Waals surface area contributed by atoms with Crippen LogP contribution < -0.4 is 5.73 Å². The first-order valence-corrected chi connectivity index (χ1v) is 3.72. The zero-order valence-corrected chi connectivity index (χ0v) is 6.70. The maximum Gasteiger partial charge on any atom is 0.217 e. The topological polar surface area (TPSA) is 38.9 Å². The van der Waals surface area contributed by atoms with Gasteiger partial charge in [-0.2, -0.15) is 4.39 Å². The molecule has 0 aliphatic heterocycles. The van der Waals surface area contributed by atoms with Crippen molar-refractivity contribution in [2.24, 2.45) is 5.73 Å². The van der Waals surface area contributed by atoms with Crippen LogP contribution in [-0.2, 0) is 0 Å². The van der Waals surface area contributed by atoms with Gasteiger partial charge < -0.3 is 5.73 Å². The van der Waals surface area contributed by atoms with Gasteiger partial charge >= 0.3 is 0 Å². The summed E-state index contributed by atoms with van der Waals surface area (Å²) in [7, 11) is 0. The van der Waals surface area contributed by atoms with Crippen LogP contribution in [0.3, 0.4) is 0 Å². The van der Waals surface area contributed by atoms with Crippen LogP contribution >= 0.6 is 0 Å². The van der Waals surface area contributed by atoms with Gasteiger partial charge in [0.05, 0.1) is 0 Å². The van der Waals surface area contributed by atoms with Crippen LogP contribution in [0.25, 0.3) is 0 Å². The molecule has 12 heavy (non-hydrogen) atoms. The van der Waals surface area contributed by atoms with Gasteiger partial charge in [-0.1, -0.05) is 12.1 Å². The van der Waals surface area contributed by atoms with Crippen molar-refractivity contribution >= 4 is 0 Å². The van der Waals surface area contributed by atoms with E-state index in [-0.39, 0.29) is 6.04 Å². The molecule has 1 rings (SSSR count). The van der Waals surface area contributed by atoms with Crippen molar-refractivity contribution in [2.75, 3.05) is 0 Å². The molecule has 64 valence electrons. The van der Waals surface area contributed by atoms with E-state index < -0.39 is 5.95 Å². The van der Waals surface area contributed by atoms with Crippen LogP contribution in [0, 0.1) is 5.95 Å². The van der Waals surface area contributed by atoms with Crippen molar-refractivity contribution in [2.45, 2.75) is 12.5 Å². The van der Waals surface area contributed by atoms with Crippen molar-refractivity contribution in [3.8, 4) is 0 Å². The number of aromatic nitrogens is 1. The summed E-state index contributed by atoms with van der Waals surface area (Å²) in [6, 6.07) is 2.97. The third-order valence-electron chi connectivity index (χ3n) is 1.61. The number of nitrogens with zero attached hydrogens (tertiary/aromatic N) is 1. The second kappa shape index (κ2) is 3.97. The van der Waals surface area contributed by atoms with Gasteiger partial charge in [-0.3, -0.25) is 0 Å². The van der Waals surface area contributed by atoms with Gasteiger partial charge in [0.1, 0.15) is 0 Å². The van der Waals surface area contributed by atoms with Crippen LogP contribution in [0.4, 0.5) is 4.39 Å². The predicted octanol–water partition coefficient (Wildman–Crippen LogP) is 1.80. The lowest BCUT2D eigenvalue weighted by Gasteiger charge is -2.08. The highest BCUT2D eigenvalue weighted by molar-refractivity contribution is 5.15. The van der Waals surface area contributed by atoms with Crippen LogP contribution in [0.1, 0.15) is 18.0 Å². The molecule has 0 aromatic carbocycles. The Morgan fingerprint density at radius 3 is 3.08 bits per heavy atom. The van der Waals surface area contributed by atoms with E-state index >= 15 is 0 Å². The lowest BCUT2D eigenvalue weighted by molar-refractivity contribution is 0.545. The number of nitrogens with two attached hydrogens (primary N) is 1. The number of hydrogen-bond donors (Lipinski definition) is 1. The summed E-state index contributed by atoms with van der Waals surface area (Å²) in [5, 5.41) is 0. The van der Waals surface area contributed by atoms with Crippen molar-refractivity contribution in [3.63, 3.8) is 0 Å². The average Bonchev–Trinajstić information content (AvgIpc) is 2.05. The molecule has 0 spiro atoms. The molecular weight excluding hydrogens is 155 g/mol. The highest BCUT2D eigenvalue weighted by Gasteiger charge is 2.09. The van der Waals surface area contributed by atoms with Gasteiger partial charge in [0.15, 0.2) is 0 Å². The third-order valence-corrected chi connectivity index (χ3v) is 1.61. The van der Waals surface area contributed by atoms with Crippen molar-refractivity contribution in [1.82, 2.24) is 4.98 Å². The summed E-state index contributed by atoms with van der Waals surface area (Å²) in [5.74, 6) is -0.494. The van der Waals surface area contributed by atoms with Crippen molar-refractivity contribution in [3.05, 3.63) is 42.5 Å². The molecule has 0 unspecified atom stereocenters. The van der Waals surface area contributed by atoms with Gasteiger partial charge in [-0.25, -0.2) is 4.98 Å². The van der Waals surface area contributed by atoms with Crippen molar-refractivity contribution in [1.29, 1.82) is 0 Å². The molecule has 2 nitrogen and oxygen atoms in total. The number of halogens is 1. The minimum absolute atomic E-state index is 0.337. The Labute approximate surface area is 70.9 Å². The molecule has 2 N–H and O–H groups in total. The third kappa shape index (κ3) is 1.89. The monoisotopic (exact) mass is 166 g/mol. The Kier molecular flexibility index (Phi) is 2.94. The largest absolute Gasteiger partial charge is 0.324 e. The van der Waals surface area contributed by atoms with E-state index in [0.717, 1.165) is 0 Å². The predicted molar refractivity (Wildman–Crippen MR) is 45.9 cm³/mol. The maximum absolute atomic E-state index is 12.9. The van der Waals surface area contributed by atoms with E-state index in [1.165, 1.54) is 6.20 Å². The van der Waals surface area contributed by atoms with Crippen molar-refractivity contribution < 1.29 is 4.39 Å². The summed E-state index contributed by atoms with van der Waals surface area (Å²) in [4.78, 5) is 3.50. The lowest BCUT2D eigenvalue weighted by atomic mass is 10.1. The van der Waals surface area contributed by atoms with Crippen LogP contribution in [-0.4, -0.2) is 4.98 Å². The van der Waals surface area contributed by atoms with E-state index in [4.69, 9.17) is 5.73 Å². The van der Waals surface area contributed by atoms with Crippen LogP contribution in [0.2, 0.25) is 0 Å². The summed E-state index contributed by atoms with van der Waals surface area (Å²) in [5.41, 5.74) is 6.10. The molecular formula is C9H11FN2. The molecule has 1 heterocycles. The Morgan fingerprint density at radius 1 is 1.75 bits per heavy atom. The minimum atomic E-state index is -0.494. The lowest BCUT2D eigenvalue weighted by Crippen LogP contribution is -2.11. The maximum atomic E-state index is 12.9. The zero-order chi connectivity index (χ0) is 8.97. The normalized spacial score (nSPS) is 12.5. The molecule has 0 aliphatic carbocycles. The smallest absolute Gasteiger partial charge is 0.217 e. The Bertz CT molecular complexity index is 273. The minimum Gasteiger partial charge on any atom is -0.324 e. The molecule has 0 saturated carbocycles. The average molecular weight is 166 g/mol. The Hall–Kier alpha value is -1.22. The van der Waals surface area contributed by atoms with Crippen LogP contribution in [0.15, 0.2) is 31.0 Å². The number of rotatable bonds is 3. The SMILES string of the molecule is C=CC[C@H](N)c1cccnc1F. The summed E-state index contributed by atoms with van der Waals surface area (Å²) < 4.78 is 12.9. The molecule has 1 aromatic heterocycles. The number of hydrogen-bond acceptors (Lipinski definition) is 2. The molecule has 0 amide bonds. The molecule has 1 atom stereocenters. The van der Waals surface area contributed by atoms with Gasteiger partial charge in [-0.05, 0) is 12.5 Å². The summed E-state index contributed by atoms with van der Waals surface area (Å²) in [6.45, 7) is 3.53. The van der Waals surface area contributed by atoms with E-state index in [1.54, 1.807) is 18.2 Å². The molecule has 0 bridgehead atoms. The fraction of sp³-hybridized carbons (Fsp3) is 0.222. The summed E-state index contributed by atoms with van der Waals surface area (Å²) >= 11 is 0. The standard InChI is InChI=1S/C9H11FN2/c1-2-4-8(11)7-5-3-6-12-9(7)10/h2-3,5-6,8H,1,4,11H2/t8-/m0/s1. The van der Waals surface area contributed by atoms with Gasteiger partial charge in [0, 0.05) is 17.8 Å². The highest BCUT2D eigenvalue weighted by Crippen LogP contribution is 2.15. The molecule has 0 aliphatic rings. The molecule has 3 heteroatoms. The Morgan fingerprint density at radius 2 is 2.50 bits per heavy atom. The fourth-order valence-corrected chi connectivity index (χ4v) is 0.982. The molecule has 0 fully saturated rings. The van der Waals surface area contributed by atoms with Crippen LogP contribution in [0.5, 0.6) is 0 Å². The first-order valence-electron chi connectivity index (χ1n) is 3.72. The van der Waals surface area contributed by atoms with E-state index in [1.807, 2.05) is 0 Å². The van der Waals surface area contributed by atoms with Gasteiger partial charge in [-0.15, -0.1) is 6.58 Å². The fourth-order valence-electron chi connectivity index (χ4n) is 0.982. The van der Waals surface area contributed by atoms with Gasteiger partial charge in [0.2, 0.25) is 5.95 Å². The number of pyridine rings is 1. The Balaban J connectivity index is 2.86. The van der Waals surface area contributed by atoms with E-state index in [2.05, 4.69) is 11.6 Å². The molecule has 0 radical (unpaired) electrons. The first kappa shape index (κ1) is 8.87. The van der Waals surface area contributed by atoms with E-state index in [9.17, 15) is 4.39 Å². The highest BCUT2D eigenvalue weighted by atomic mass is 19.1. The first-order chi connectivity index (χ1) is 5.75. The second-order valence-electron chi connectivity index (χ2n) is 2.51. The molecule has 1 aromatic rings. The zero-order valence-electron chi connectivity index (χ0n) is 6.70.